The van der Waals surface area contributed by atoms with E-state index in [0.29, 0.717) is 11.6 Å². The van der Waals surface area contributed by atoms with Gasteiger partial charge >= 0.3 is 0 Å². The minimum atomic E-state index is -0.611. The molecule has 1 aromatic carbocycles. The Bertz CT molecular complexity index is 315. The van der Waals surface area contributed by atoms with E-state index in [-0.39, 0.29) is 0 Å². The van der Waals surface area contributed by atoms with E-state index in [2.05, 4.69) is 0 Å². The first-order valence-electron chi connectivity index (χ1n) is 5.29. The lowest BCUT2D eigenvalue weighted by Crippen LogP contribution is -2.32. The number of halogens is 1. The van der Waals surface area contributed by atoms with Gasteiger partial charge < -0.3 is 9.84 Å². The van der Waals surface area contributed by atoms with Crippen molar-refractivity contribution in [1.29, 1.82) is 0 Å². The molecule has 1 fully saturated rings. The summed E-state index contributed by atoms with van der Waals surface area (Å²) in [5.74, 6) is 0.764. The van der Waals surface area contributed by atoms with E-state index in [0.717, 1.165) is 31.4 Å². The van der Waals surface area contributed by atoms with E-state index in [1.165, 1.54) is 0 Å². The Balaban J connectivity index is 1.90. The Morgan fingerprint density at radius 2 is 1.80 bits per heavy atom. The van der Waals surface area contributed by atoms with Crippen LogP contribution in [-0.4, -0.2) is 17.3 Å². The fourth-order valence-electron chi connectivity index (χ4n) is 1.93. The standard InChI is InChI=1S/C12H15ClO2/c13-10-3-5-11(6-4-10)15-9-12(14)7-1-2-8-12/h3-6,14H,1-2,7-9H2. The quantitative estimate of drug-likeness (QED) is 0.859. The zero-order chi connectivity index (χ0) is 10.7. The molecular weight excluding hydrogens is 212 g/mol. The van der Waals surface area contributed by atoms with Crippen molar-refractivity contribution < 1.29 is 9.84 Å². The van der Waals surface area contributed by atoms with Crippen molar-refractivity contribution in [2.24, 2.45) is 0 Å². The van der Waals surface area contributed by atoms with Gasteiger partial charge in [-0.05, 0) is 37.1 Å². The maximum absolute atomic E-state index is 10.1. The molecule has 0 radical (unpaired) electrons. The van der Waals surface area contributed by atoms with Gasteiger partial charge in [0.1, 0.15) is 12.4 Å². The van der Waals surface area contributed by atoms with Crippen LogP contribution in [0, 0.1) is 0 Å². The van der Waals surface area contributed by atoms with Crippen molar-refractivity contribution in [1.82, 2.24) is 0 Å². The zero-order valence-electron chi connectivity index (χ0n) is 8.58. The van der Waals surface area contributed by atoms with E-state index >= 15 is 0 Å². The Kier molecular flexibility index (Phi) is 3.17. The molecule has 1 saturated carbocycles. The van der Waals surface area contributed by atoms with Gasteiger partial charge in [-0.3, -0.25) is 0 Å². The summed E-state index contributed by atoms with van der Waals surface area (Å²) in [5, 5.41) is 10.8. The highest BCUT2D eigenvalue weighted by molar-refractivity contribution is 6.30. The van der Waals surface area contributed by atoms with Crippen LogP contribution in [0.2, 0.25) is 5.02 Å². The lowest BCUT2D eigenvalue weighted by Gasteiger charge is -2.22. The summed E-state index contributed by atoms with van der Waals surface area (Å²) < 4.78 is 5.54. The zero-order valence-corrected chi connectivity index (χ0v) is 9.33. The van der Waals surface area contributed by atoms with Gasteiger partial charge in [-0.2, -0.15) is 0 Å². The summed E-state index contributed by atoms with van der Waals surface area (Å²) in [6.07, 6.45) is 3.89. The average Bonchev–Trinajstić information content (AvgIpc) is 2.65. The number of benzene rings is 1. The van der Waals surface area contributed by atoms with Gasteiger partial charge in [0.25, 0.3) is 0 Å². The fraction of sp³-hybridized carbons (Fsp3) is 0.500. The van der Waals surface area contributed by atoms with Gasteiger partial charge in [0.2, 0.25) is 0 Å². The van der Waals surface area contributed by atoms with Crippen LogP contribution in [0.15, 0.2) is 24.3 Å². The second-order valence-electron chi connectivity index (χ2n) is 4.17. The number of hydrogen-bond donors (Lipinski definition) is 1. The number of aliphatic hydroxyl groups is 1. The van der Waals surface area contributed by atoms with Crippen LogP contribution in [0.3, 0.4) is 0 Å². The summed E-state index contributed by atoms with van der Waals surface area (Å²) in [6.45, 7) is 0.384. The summed E-state index contributed by atoms with van der Waals surface area (Å²) >= 11 is 5.76. The smallest absolute Gasteiger partial charge is 0.119 e. The molecule has 0 amide bonds. The lowest BCUT2D eigenvalue weighted by molar-refractivity contribution is 0.00141. The van der Waals surface area contributed by atoms with E-state index < -0.39 is 5.60 Å². The molecule has 3 heteroatoms. The Morgan fingerprint density at radius 3 is 2.40 bits per heavy atom. The molecule has 0 saturated heterocycles. The van der Waals surface area contributed by atoms with Crippen molar-refractivity contribution in [2.45, 2.75) is 31.3 Å². The van der Waals surface area contributed by atoms with Crippen molar-refractivity contribution in [3.63, 3.8) is 0 Å². The van der Waals surface area contributed by atoms with Gasteiger partial charge in [0, 0.05) is 5.02 Å². The van der Waals surface area contributed by atoms with E-state index in [1.54, 1.807) is 12.1 Å². The molecular formula is C12H15ClO2. The van der Waals surface area contributed by atoms with Crippen molar-refractivity contribution >= 4 is 11.6 Å². The first-order chi connectivity index (χ1) is 7.18. The Labute approximate surface area is 94.8 Å². The van der Waals surface area contributed by atoms with Gasteiger partial charge in [-0.25, -0.2) is 0 Å². The summed E-state index contributed by atoms with van der Waals surface area (Å²) in [6, 6.07) is 7.21. The molecule has 0 unspecified atom stereocenters. The van der Waals surface area contributed by atoms with Crippen LogP contribution < -0.4 is 4.74 Å². The second kappa shape index (κ2) is 4.42. The third-order valence-corrected chi connectivity index (χ3v) is 3.11. The molecule has 0 heterocycles. The van der Waals surface area contributed by atoms with Gasteiger partial charge in [0.05, 0.1) is 5.60 Å². The van der Waals surface area contributed by atoms with Crippen LogP contribution in [0.5, 0.6) is 5.75 Å². The second-order valence-corrected chi connectivity index (χ2v) is 4.61. The molecule has 0 atom stereocenters. The van der Waals surface area contributed by atoms with Crippen molar-refractivity contribution in [2.75, 3.05) is 6.61 Å². The molecule has 82 valence electrons. The van der Waals surface area contributed by atoms with Gasteiger partial charge in [0.15, 0.2) is 0 Å². The molecule has 2 rings (SSSR count). The molecule has 1 N–H and O–H groups in total. The van der Waals surface area contributed by atoms with Crippen molar-refractivity contribution in [3.8, 4) is 5.75 Å². The number of ether oxygens (including phenoxy) is 1. The van der Waals surface area contributed by atoms with Crippen LogP contribution in [0.25, 0.3) is 0 Å². The molecule has 0 bridgehead atoms. The monoisotopic (exact) mass is 226 g/mol. The van der Waals surface area contributed by atoms with Crippen LogP contribution >= 0.6 is 11.6 Å². The molecule has 0 spiro atoms. The van der Waals surface area contributed by atoms with Crippen LogP contribution in [-0.2, 0) is 0 Å². The average molecular weight is 227 g/mol. The number of hydrogen-bond acceptors (Lipinski definition) is 2. The molecule has 0 aliphatic heterocycles. The molecule has 2 nitrogen and oxygen atoms in total. The SMILES string of the molecule is OC1(COc2ccc(Cl)cc2)CCCC1. The van der Waals surface area contributed by atoms with Crippen molar-refractivity contribution in [3.05, 3.63) is 29.3 Å². The highest BCUT2D eigenvalue weighted by Gasteiger charge is 2.31. The maximum Gasteiger partial charge on any atom is 0.119 e. The molecule has 15 heavy (non-hydrogen) atoms. The third kappa shape index (κ3) is 2.86. The third-order valence-electron chi connectivity index (χ3n) is 2.86. The van der Waals surface area contributed by atoms with E-state index in [1.807, 2.05) is 12.1 Å². The maximum atomic E-state index is 10.1. The molecule has 1 aliphatic rings. The Hall–Kier alpha value is -0.730. The Morgan fingerprint density at radius 1 is 1.20 bits per heavy atom. The molecule has 0 aromatic heterocycles. The topological polar surface area (TPSA) is 29.5 Å². The minimum Gasteiger partial charge on any atom is -0.491 e. The fourth-order valence-corrected chi connectivity index (χ4v) is 2.05. The first kappa shape index (κ1) is 10.8. The molecule has 1 aliphatic carbocycles. The summed E-state index contributed by atoms with van der Waals surface area (Å²) in [5.41, 5.74) is -0.611. The number of rotatable bonds is 3. The van der Waals surface area contributed by atoms with Crippen LogP contribution in [0.1, 0.15) is 25.7 Å². The first-order valence-corrected chi connectivity index (χ1v) is 5.67. The highest BCUT2D eigenvalue weighted by Crippen LogP contribution is 2.30. The van der Waals surface area contributed by atoms with E-state index in [9.17, 15) is 5.11 Å². The normalized spacial score (nSPS) is 19.1. The molecule has 1 aromatic rings. The highest BCUT2D eigenvalue weighted by atomic mass is 35.5. The van der Waals surface area contributed by atoms with Gasteiger partial charge in [-0.15, -0.1) is 0 Å². The predicted octanol–water partition coefficient (Wildman–Crippen LogP) is 3.02. The minimum absolute atomic E-state index is 0.384. The van der Waals surface area contributed by atoms with Crippen LogP contribution in [0.4, 0.5) is 0 Å². The summed E-state index contributed by atoms with van der Waals surface area (Å²) in [4.78, 5) is 0. The predicted molar refractivity (Wildman–Crippen MR) is 60.4 cm³/mol. The lowest BCUT2D eigenvalue weighted by atomic mass is 10.0. The van der Waals surface area contributed by atoms with E-state index in [4.69, 9.17) is 16.3 Å². The largest absolute Gasteiger partial charge is 0.491 e. The van der Waals surface area contributed by atoms with Gasteiger partial charge in [-0.1, -0.05) is 24.4 Å². The summed E-state index contributed by atoms with van der Waals surface area (Å²) in [7, 11) is 0.